The molecule has 0 saturated carbocycles. The van der Waals surface area contributed by atoms with E-state index in [9.17, 15) is 19.6 Å². The molecule has 0 bridgehead atoms. The first kappa shape index (κ1) is 18.7. The standard InChI is InChI=1S/C20H20FN3O3/c1-2-4-14-10-16-18(20(26)24(14)7-8-25)17(15(11-22)19(23)27-16)12-5-3-6-13(21)9-12/h3,5-6,9-10,17,25H,2,4,7-8,23H2,1H3. The van der Waals surface area contributed by atoms with Crippen molar-refractivity contribution in [2.24, 2.45) is 5.73 Å². The van der Waals surface area contributed by atoms with Crippen molar-refractivity contribution < 1.29 is 14.2 Å². The van der Waals surface area contributed by atoms with E-state index < -0.39 is 11.7 Å². The van der Waals surface area contributed by atoms with Gasteiger partial charge in [-0.1, -0.05) is 25.5 Å². The summed E-state index contributed by atoms with van der Waals surface area (Å²) in [6.07, 6.45) is 1.41. The number of hydrogen-bond acceptors (Lipinski definition) is 5. The van der Waals surface area contributed by atoms with Crippen molar-refractivity contribution in [2.75, 3.05) is 6.61 Å². The zero-order chi connectivity index (χ0) is 19.6. The number of rotatable bonds is 5. The van der Waals surface area contributed by atoms with E-state index in [0.29, 0.717) is 17.7 Å². The monoisotopic (exact) mass is 369 g/mol. The molecule has 140 valence electrons. The number of nitrogens with zero attached hydrogens (tertiary/aromatic N) is 2. The molecule has 1 aromatic carbocycles. The third kappa shape index (κ3) is 3.32. The van der Waals surface area contributed by atoms with Gasteiger partial charge in [-0.3, -0.25) is 4.79 Å². The number of pyridine rings is 1. The number of ether oxygens (including phenoxy) is 1. The van der Waals surface area contributed by atoms with Crippen LogP contribution in [0.1, 0.15) is 36.1 Å². The molecule has 2 heterocycles. The summed E-state index contributed by atoms with van der Waals surface area (Å²) in [6.45, 7) is 1.90. The molecule has 1 aliphatic heterocycles. The van der Waals surface area contributed by atoms with Crippen LogP contribution in [0.5, 0.6) is 5.75 Å². The molecular weight excluding hydrogens is 349 g/mol. The van der Waals surface area contributed by atoms with Crippen molar-refractivity contribution in [3.05, 3.63) is 74.8 Å². The lowest BCUT2D eigenvalue weighted by Crippen LogP contribution is -2.34. The number of aromatic nitrogens is 1. The largest absolute Gasteiger partial charge is 0.440 e. The van der Waals surface area contributed by atoms with Crippen molar-refractivity contribution in [1.29, 1.82) is 5.26 Å². The fraction of sp³-hybridized carbons (Fsp3) is 0.300. The van der Waals surface area contributed by atoms with Crippen LogP contribution >= 0.6 is 0 Å². The molecule has 0 radical (unpaired) electrons. The minimum atomic E-state index is -0.831. The molecule has 7 heteroatoms. The van der Waals surface area contributed by atoms with E-state index in [0.717, 1.165) is 6.42 Å². The van der Waals surface area contributed by atoms with Gasteiger partial charge in [-0.05, 0) is 24.1 Å². The average molecular weight is 369 g/mol. The minimum absolute atomic E-state index is 0.0592. The molecule has 2 aromatic rings. The predicted octanol–water partition coefficient (Wildman–Crippen LogP) is 2.15. The Kier molecular flexibility index (Phi) is 5.28. The quantitative estimate of drug-likeness (QED) is 0.841. The second-order valence-corrected chi connectivity index (χ2v) is 6.32. The van der Waals surface area contributed by atoms with Crippen LogP contribution in [0.25, 0.3) is 0 Å². The maximum Gasteiger partial charge on any atom is 0.258 e. The highest BCUT2D eigenvalue weighted by Gasteiger charge is 2.34. The fourth-order valence-corrected chi connectivity index (χ4v) is 3.45. The highest BCUT2D eigenvalue weighted by atomic mass is 19.1. The molecular formula is C20H20FN3O3. The van der Waals surface area contributed by atoms with E-state index >= 15 is 0 Å². The summed E-state index contributed by atoms with van der Waals surface area (Å²) in [4.78, 5) is 13.2. The smallest absolute Gasteiger partial charge is 0.258 e. The molecule has 1 aromatic heterocycles. The van der Waals surface area contributed by atoms with Crippen LogP contribution in [0, 0.1) is 17.1 Å². The Balaban J connectivity index is 2.31. The number of benzene rings is 1. The Morgan fingerprint density at radius 3 is 2.81 bits per heavy atom. The Hall–Kier alpha value is -3.11. The maximum absolute atomic E-state index is 13.8. The van der Waals surface area contributed by atoms with Crippen LogP contribution < -0.4 is 16.0 Å². The summed E-state index contributed by atoms with van der Waals surface area (Å²) in [5.41, 5.74) is 6.99. The molecule has 6 nitrogen and oxygen atoms in total. The number of allylic oxidation sites excluding steroid dienone is 1. The molecule has 3 N–H and O–H groups in total. The van der Waals surface area contributed by atoms with E-state index in [2.05, 4.69) is 0 Å². The number of fused-ring (bicyclic) bond motifs is 1. The van der Waals surface area contributed by atoms with Crippen molar-refractivity contribution in [1.82, 2.24) is 4.57 Å². The second-order valence-electron chi connectivity index (χ2n) is 6.32. The van der Waals surface area contributed by atoms with Gasteiger partial charge in [0.1, 0.15) is 23.2 Å². The Morgan fingerprint density at radius 1 is 1.41 bits per heavy atom. The number of aliphatic hydroxyl groups excluding tert-OH is 1. The summed E-state index contributed by atoms with van der Waals surface area (Å²) in [6, 6.07) is 9.43. The number of aryl methyl sites for hydroxylation is 1. The lowest BCUT2D eigenvalue weighted by molar-refractivity contribution is 0.271. The van der Waals surface area contributed by atoms with Gasteiger partial charge in [0.15, 0.2) is 0 Å². The van der Waals surface area contributed by atoms with Gasteiger partial charge in [-0.25, -0.2) is 4.39 Å². The molecule has 1 unspecified atom stereocenters. The zero-order valence-electron chi connectivity index (χ0n) is 14.9. The van der Waals surface area contributed by atoms with Crippen LogP contribution in [-0.4, -0.2) is 16.3 Å². The van der Waals surface area contributed by atoms with E-state index in [1.165, 1.54) is 22.8 Å². The first-order valence-corrected chi connectivity index (χ1v) is 8.72. The van der Waals surface area contributed by atoms with Crippen molar-refractivity contribution in [2.45, 2.75) is 32.2 Å². The minimum Gasteiger partial charge on any atom is -0.440 e. The van der Waals surface area contributed by atoms with Crippen LogP contribution in [0.3, 0.4) is 0 Å². The number of hydrogen-bond donors (Lipinski definition) is 2. The molecule has 3 rings (SSSR count). The van der Waals surface area contributed by atoms with Gasteiger partial charge in [0.25, 0.3) is 5.56 Å². The van der Waals surface area contributed by atoms with E-state index in [1.54, 1.807) is 12.1 Å². The van der Waals surface area contributed by atoms with Crippen LogP contribution in [-0.2, 0) is 13.0 Å². The molecule has 1 aliphatic rings. The molecule has 0 saturated heterocycles. The van der Waals surface area contributed by atoms with Gasteiger partial charge in [0.05, 0.1) is 18.1 Å². The first-order valence-electron chi connectivity index (χ1n) is 8.72. The molecule has 0 amide bonds. The summed E-state index contributed by atoms with van der Waals surface area (Å²) in [5.74, 6) is -1.14. The van der Waals surface area contributed by atoms with E-state index in [4.69, 9.17) is 10.5 Å². The van der Waals surface area contributed by atoms with Gasteiger partial charge in [0.2, 0.25) is 5.88 Å². The van der Waals surface area contributed by atoms with Gasteiger partial charge < -0.3 is 20.1 Å². The third-order valence-corrected chi connectivity index (χ3v) is 4.58. The van der Waals surface area contributed by atoms with Crippen LogP contribution in [0.2, 0.25) is 0 Å². The van der Waals surface area contributed by atoms with Crippen molar-refractivity contribution in [3.8, 4) is 11.8 Å². The first-order chi connectivity index (χ1) is 13.0. The second kappa shape index (κ2) is 7.64. The Bertz CT molecular complexity index is 1000. The fourth-order valence-electron chi connectivity index (χ4n) is 3.45. The SMILES string of the molecule is CCCc1cc2c(c(=O)n1CCO)C(c1cccc(F)c1)C(C#N)=C(N)O2. The highest BCUT2D eigenvalue weighted by Crippen LogP contribution is 2.40. The molecule has 0 spiro atoms. The van der Waals surface area contributed by atoms with Gasteiger partial charge >= 0.3 is 0 Å². The van der Waals surface area contributed by atoms with E-state index in [1.807, 2.05) is 13.0 Å². The predicted molar refractivity (Wildman–Crippen MR) is 97.5 cm³/mol. The number of nitriles is 1. The molecule has 27 heavy (non-hydrogen) atoms. The van der Waals surface area contributed by atoms with Gasteiger partial charge in [0, 0.05) is 18.3 Å². The highest BCUT2D eigenvalue weighted by molar-refractivity contribution is 5.55. The molecule has 0 aliphatic carbocycles. The summed E-state index contributed by atoms with van der Waals surface area (Å²) in [7, 11) is 0. The molecule has 1 atom stereocenters. The average Bonchev–Trinajstić information content (AvgIpc) is 2.64. The van der Waals surface area contributed by atoms with Gasteiger partial charge in [-0.2, -0.15) is 5.26 Å². The summed E-state index contributed by atoms with van der Waals surface area (Å²) < 4.78 is 20.9. The Labute approximate surface area is 155 Å². The van der Waals surface area contributed by atoms with Crippen molar-refractivity contribution >= 4 is 0 Å². The maximum atomic E-state index is 13.8. The number of aliphatic hydroxyl groups is 1. The summed E-state index contributed by atoms with van der Waals surface area (Å²) >= 11 is 0. The van der Waals surface area contributed by atoms with E-state index in [-0.39, 0.29) is 41.5 Å². The molecule has 0 fully saturated rings. The number of halogens is 1. The zero-order valence-corrected chi connectivity index (χ0v) is 14.9. The van der Waals surface area contributed by atoms with Crippen molar-refractivity contribution in [3.63, 3.8) is 0 Å². The van der Waals surface area contributed by atoms with Gasteiger partial charge in [-0.15, -0.1) is 0 Å². The lowest BCUT2D eigenvalue weighted by atomic mass is 9.84. The number of nitrogens with two attached hydrogens (primary N) is 1. The van der Waals surface area contributed by atoms with Crippen LogP contribution in [0.4, 0.5) is 4.39 Å². The summed E-state index contributed by atoms with van der Waals surface area (Å²) in [5, 5.41) is 19.0. The Morgan fingerprint density at radius 2 is 2.19 bits per heavy atom. The third-order valence-electron chi connectivity index (χ3n) is 4.58. The normalized spacial score (nSPS) is 15.9. The van der Waals surface area contributed by atoms with Crippen LogP contribution in [0.15, 0.2) is 46.6 Å². The lowest BCUT2D eigenvalue weighted by Gasteiger charge is -2.27. The topological polar surface area (TPSA) is 101 Å².